The number of Topliss-reactive ketones (excluding diaryl/α,β-unsaturated/α-hetero) is 1. The molecule has 1 atom stereocenters. The molecule has 2 aromatic carbocycles. The molecule has 2 heterocycles. The highest BCUT2D eigenvalue weighted by molar-refractivity contribution is 6.31. The van der Waals surface area contributed by atoms with Crippen LogP contribution in [-0.4, -0.2) is 41.5 Å². The minimum absolute atomic E-state index is 0.108. The van der Waals surface area contributed by atoms with Gasteiger partial charge in [-0.25, -0.2) is 0 Å². The summed E-state index contributed by atoms with van der Waals surface area (Å²) in [5.41, 5.74) is 4.29. The molecule has 3 amide bonds. The number of benzene rings is 2. The number of piperidine rings is 1. The second-order valence-electron chi connectivity index (χ2n) is 9.22. The predicted octanol–water partition coefficient (Wildman–Crippen LogP) is 3.87. The SMILES string of the molecule is C=C1CCC(N2C(=O)C=C(N(C)c3cccc(CCC(=O)Cc4ccc(C)c(Cl)c4)c3)C2=O)C(=O)N1. The van der Waals surface area contributed by atoms with Gasteiger partial charge in [0.25, 0.3) is 11.8 Å². The van der Waals surface area contributed by atoms with E-state index in [1.165, 1.54) is 6.08 Å². The Kier molecular flexibility index (Phi) is 7.40. The second-order valence-corrected chi connectivity index (χ2v) is 9.63. The summed E-state index contributed by atoms with van der Waals surface area (Å²) in [7, 11) is 1.70. The van der Waals surface area contributed by atoms with Crippen LogP contribution in [0.1, 0.15) is 36.0 Å². The van der Waals surface area contributed by atoms with Gasteiger partial charge in [0.1, 0.15) is 17.5 Å². The topological polar surface area (TPSA) is 86.8 Å². The Morgan fingerprint density at radius 1 is 1.17 bits per heavy atom. The fourth-order valence-corrected chi connectivity index (χ4v) is 4.62. The molecule has 0 aliphatic carbocycles. The maximum Gasteiger partial charge on any atom is 0.278 e. The third-order valence-electron chi connectivity index (χ3n) is 6.56. The smallest absolute Gasteiger partial charge is 0.278 e. The number of likely N-dealkylation sites (N-methyl/N-ethyl adjacent to an activating group) is 1. The van der Waals surface area contributed by atoms with Gasteiger partial charge in [0.15, 0.2) is 0 Å². The molecule has 2 aliphatic rings. The molecule has 186 valence electrons. The zero-order chi connectivity index (χ0) is 26.0. The molecule has 1 fully saturated rings. The molecule has 0 radical (unpaired) electrons. The standard InChI is InChI=1S/C28H28ClN3O4/c1-17-7-9-20(15-23(17)29)14-22(33)11-10-19-5-4-6-21(13-19)31(3)25-16-26(34)32(28(25)36)24-12-8-18(2)30-27(24)35/h4-7,9,13,15-16,24H,2,8,10-12,14H2,1,3H3,(H,30,35). The molecule has 8 heteroatoms. The number of allylic oxidation sites excluding steroid dienone is 1. The zero-order valence-electron chi connectivity index (χ0n) is 20.3. The fourth-order valence-electron chi connectivity index (χ4n) is 4.42. The van der Waals surface area contributed by atoms with E-state index in [4.69, 9.17) is 11.6 Å². The van der Waals surface area contributed by atoms with Crippen LogP contribution in [0, 0.1) is 6.92 Å². The number of aryl methyl sites for hydroxylation is 2. The Balaban J connectivity index is 1.40. The van der Waals surface area contributed by atoms with Crippen LogP contribution in [0.5, 0.6) is 0 Å². The number of ketones is 1. The summed E-state index contributed by atoms with van der Waals surface area (Å²) in [4.78, 5) is 53.3. The minimum Gasteiger partial charge on any atom is -0.340 e. The van der Waals surface area contributed by atoms with Gasteiger partial charge in [-0.05, 0) is 61.1 Å². The van der Waals surface area contributed by atoms with Crippen molar-refractivity contribution in [2.75, 3.05) is 11.9 Å². The van der Waals surface area contributed by atoms with E-state index in [1.807, 2.05) is 49.4 Å². The molecule has 4 rings (SSSR count). The first-order valence-electron chi connectivity index (χ1n) is 11.8. The van der Waals surface area contributed by atoms with Crippen LogP contribution in [0.15, 0.2) is 66.5 Å². The molecule has 7 nitrogen and oxygen atoms in total. The van der Waals surface area contributed by atoms with Crippen LogP contribution in [0.3, 0.4) is 0 Å². The molecule has 36 heavy (non-hydrogen) atoms. The largest absolute Gasteiger partial charge is 0.340 e. The van der Waals surface area contributed by atoms with Gasteiger partial charge in [-0.1, -0.05) is 42.4 Å². The molecule has 2 aromatic rings. The highest BCUT2D eigenvalue weighted by Gasteiger charge is 2.42. The average Bonchev–Trinajstić information content (AvgIpc) is 3.13. The van der Waals surface area contributed by atoms with E-state index in [9.17, 15) is 19.2 Å². The second kappa shape index (κ2) is 10.5. The van der Waals surface area contributed by atoms with Crippen molar-refractivity contribution in [2.24, 2.45) is 0 Å². The molecule has 0 spiro atoms. The number of nitrogens with one attached hydrogen (secondary N) is 1. The van der Waals surface area contributed by atoms with Gasteiger partial charge < -0.3 is 10.2 Å². The third kappa shape index (κ3) is 5.41. The van der Waals surface area contributed by atoms with Gasteiger partial charge in [-0.3, -0.25) is 24.1 Å². The Labute approximate surface area is 215 Å². The van der Waals surface area contributed by atoms with Crippen LogP contribution in [0.4, 0.5) is 5.69 Å². The number of halogens is 1. The number of anilines is 1. The molecule has 2 aliphatic heterocycles. The van der Waals surface area contributed by atoms with Crippen LogP contribution in [-0.2, 0) is 32.0 Å². The van der Waals surface area contributed by atoms with E-state index in [0.717, 1.165) is 21.6 Å². The van der Waals surface area contributed by atoms with E-state index >= 15 is 0 Å². The summed E-state index contributed by atoms with van der Waals surface area (Å²) < 4.78 is 0. The maximum absolute atomic E-state index is 13.1. The molecular formula is C28H28ClN3O4. The summed E-state index contributed by atoms with van der Waals surface area (Å²) in [6.07, 6.45) is 3.36. The molecule has 0 aromatic heterocycles. The van der Waals surface area contributed by atoms with E-state index in [0.29, 0.717) is 48.5 Å². The lowest BCUT2D eigenvalue weighted by Gasteiger charge is -2.30. The predicted molar refractivity (Wildman–Crippen MR) is 138 cm³/mol. The van der Waals surface area contributed by atoms with Crippen LogP contribution in [0.25, 0.3) is 0 Å². The molecule has 1 unspecified atom stereocenters. The fraction of sp³-hybridized carbons (Fsp3) is 0.286. The number of carbonyl (C=O) groups is 4. The minimum atomic E-state index is -0.849. The number of amides is 3. The van der Waals surface area contributed by atoms with Gasteiger partial charge in [0, 0.05) is 42.4 Å². The van der Waals surface area contributed by atoms with E-state index < -0.39 is 23.8 Å². The van der Waals surface area contributed by atoms with Crippen LogP contribution in [0.2, 0.25) is 5.02 Å². The Bertz CT molecular complexity index is 1300. The zero-order valence-corrected chi connectivity index (χ0v) is 21.1. The highest BCUT2D eigenvalue weighted by Crippen LogP contribution is 2.28. The van der Waals surface area contributed by atoms with Crippen molar-refractivity contribution >= 4 is 40.8 Å². The molecule has 0 saturated carbocycles. The summed E-state index contributed by atoms with van der Waals surface area (Å²) in [6, 6.07) is 12.3. The first-order valence-corrected chi connectivity index (χ1v) is 12.2. The van der Waals surface area contributed by atoms with Crippen molar-refractivity contribution in [3.8, 4) is 0 Å². The van der Waals surface area contributed by atoms with Crippen molar-refractivity contribution in [2.45, 2.75) is 45.1 Å². The summed E-state index contributed by atoms with van der Waals surface area (Å²) >= 11 is 6.16. The number of imide groups is 1. The number of rotatable bonds is 8. The van der Waals surface area contributed by atoms with Gasteiger partial charge >= 0.3 is 0 Å². The number of hydrogen-bond donors (Lipinski definition) is 1. The first-order chi connectivity index (χ1) is 17.1. The lowest BCUT2D eigenvalue weighted by molar-refractivity contribution is -0.146. The third-order valence-corrected chi connectivity index (χ3v) is 6.97. The van der Waals surface area contributed by atoms with Crippen molar-refractivity contribution < 1.29 is 19.2 Å². The molecule has 0 bridgehead atoms. The monoisotopic (exact) mass is 505 g/mol. The summed E-state index contributed by atoms with van der Waals surface area (Å²) in [6.45, 7) is 5.66. The van der Waals surface area contributed by atoms with Crippen LogP contribution >= 0.6 is 11.6 Å². The number of hydrogen-bond acceptors (Lipinski definition) is 5. The maximum atomic E-state index is 13.1. The summed E-state index contributed by atoms with van der Waals surface area (Å²) in [5.74, 6) is -1.30. The summed E-state index contributed by atoms with van der Waals surface area (Å²) in [5, 5.41) is 3.27. The molecule has 1 saturated heterocycles. The lowest BCUT2D eigenvalue weighted by Crippen LogP contribution is -2.52. The van der Waals surface area contributed by atoms with E-state index in [2.05, 4.69) is 11.9 Å². The van der Waals surface area contributed by atoms with Crippen molar-refractivity contribution in [1.82, 2.24) is 10.2 Å². The number of carbonyl (C=O) groups excluding carboxylic acids is 4. The Hall–Kier alpha value is -3.71. The normalized spacial score (nSPS) is 17.8. The Morgan fingerprint density at radius 3 is 2.67 bits per heavy atom. The quantitative estimate of drug-likeness (QED) is 0.550. The van der Waals surface area contributed by atoms with Gasteiger partial charge in [-0.15, -0.1) is 0 Å². The molecule has 1 N–H and O–H groups in total. The average molecular weight is 506 g/mol. The van der Waals surface area contributed by atoms with Crippen LogP contribution < -0.4 is 10.2 Å². The Morgan fingerprint density at radius 2 is 1.94 bits per heavy atom. The highest BCUT2D eigenvalue weighted by atomic mass is 35.5. The number of nitrogens with zero attached hydrogens (tertiary/aromatic N) is 2. The van der Waals surface area contributed by atoms with Gasteiger partial charge in [0.2, 0.25) is 5.91 Å². The van der Waals surface area contributed by atoms with Crippen molar-refractivity contribution in [1.29, 1.82) is 0 Å². The lowest BCUT2D eigenvalue weighted by atomic mass is 10.0. The van der Waals surface area contributed by atoms with Gasteiger partial charge in [0.05, 0.1) is 0 Å². The van der Waals surface area contributed by atoms with Gasteiger partial charge in [-0.2, -0.15) is 0 Å². The first kappa shape index (κ1) is 25.4. The van der Waals surface area contributed by atoms with Crippen molar-refractivity contribution in [3.05, 3.63) is 88.2 Å². The molecular weight excluding hydrogens is 478 g/mol. The van der Waals surface area contributed by atoms with E-state index in [1.54, 1.807) is 11.9 Å². The van der Waals surface area contributed by atoms with E-state index in [-0.39, 0.29) is 11.5 Å². The van der Waals surface area contributed by atoms with Crippen molar-refractivity contribution in [3.63, 3.8) is 0 Å².